The van der Waals surface area contributed by atoms with Crippen molar-refractivity contribution in [3.8, 4) is 0 Å². The van der Waals surface area contributed by atoms with E-state index in [1.807, 2.05) is 0 Å². The predicted octanol–water partition coefficient (Wildman–Crippen LogP) is 0.753. The molecule has 2 rings (SSSR count). The van der Waals surface area contributed by atoms with E-state index in [1.54, 1.807) is 19.1 Å². The van der Waals surface area contributed by atoms with E-state index < -0.39 is 18.1 Å². The summed E-state index contributed by atoms with van der Waals surface area (Å²) in [6.07, 6.45) is 4.39. The molecule has 0 amide bonds. The van der Waals surface area contributed by atoms with Crippen LogP contribution in [0.5, 0.6) is 0 Å². The van der Waals surface area contributed by atoms with Gasteiger partial charge in [0, 0.05) is 12.3 Å². The Bertz CT molecular complexity index is 451. The smallest absolute Gasteiger partial charge is 0.309 e. The number of carbonyl (C=O) groups excluding carboxylic acids is 2. The van der Waals surface area contributed by atoms with E-state index in [2.05, 4.69) is 0 Å². The molecule has 0 radical (unpaired) electrons. The highest BCUT2D eigenvalue weighted by Crippen LogP contribution is 2.35. The van der Waals surface area contributed by atoms with Gasteiger partial charge in [-0.15, -0.1) is 0 Å². The van der Waals surface area contributed by atoms with Crippen LogP contribution in [0.25, 0.3) is 0 Å². The maximum absolute atomic E-state index is 11.7. The zero-order valence-corrected chi connectivity index (χ0v) is 11.5. The molecule has 1 fully saturated rings. The van der Waals surface area contributed by atoms with E-state index in [0.717, 1.165) is 11.9 Å². The highest BCUT2D eigenvalue weighted by Gasteiger charge is 2.44. The van der Waals surface area contributed by atoms with Gasteiger partial charge in [-0.25, -0.2) is 0 Å². The van der Waals surface area contributed by atoms with Crippen molar-refractivity contribution in [3.63, 3.8) is 0 Å². The molecule has 5 heteroatoms. The van der Waals surface area contributed by atoms with Crippen LogP contribution in [0.2, 0.25) is 0 Å². The summed E-state index contributed by atoms with van der Waals surface area (Å²) in [6, 6.07) is 0. The molecule has 1 heterocycles. The number of hydrogen-bond acceptors (Lipinski definition) is 5. The predicted molar refractivity (Wildman–Crippen MR) is 71.7 cm³/mol. The number of aldehydes is 1. The molecule has 1 aliphatic heterocycles. The van der Waals surface area contributed by atoms with Crippen LogP contribution in [-0.2, 0) is 14.3 Å². The average Bonchev–Trinajstić information content (AvgIpc) is 2.71. The second-order valence-electron chi connectivity index (χ2n) is 5.46. The van der Waals surface area contributed by atoms with E-state index >= 15 is 0 Å². The van der Waals surface area contributed by atoms with Crippen molar-refractivity contribution in [2.75, 3.05) is 6.61 Å². The molecule has 2 N–H and O–H groups in total. The van der Waals surface area contributed by atoms with Gasteiger partial charge in [-0.1, -0.05) is 13.0 Å². The molecule has 1 aliphatic carbocycles. The molecule has 0 spiro atoms. The normalized spacial score (nSPS) is 39.9. The number of hydrogen-bond donors (Lipinski definition) is 2. The molecular weight excluding hydrogens is 260 g/mol. The monoisotopic (exact) mass is 280 g/mol. The van der Waals surface area contributed by atoms with Crippen LogP contribution in [0, 0.1) is 11.8 Å². The Morgan fingerprint density at radius 2 is 2.25 bits per heavy atom. The highest BCUT2D eigenvalue weighted by molar-refractivity contribution is 5.76. The van der Waals surface area contributed by atoms with Gasteiger partial charge < -0.3 is 14.9 Å². The Morgan fingerprint density at radius 3 is 2.90 bits per heavy atom. The molecule has 2 aliphatic rings. The first-order valence-corrected chi connectivity index (χ1v) is 6.90. The lowest BCUT2D eigenvalue weighted by Gasteiger charge is -2.24. The Morgan fingerprint density at radius 1 is 1.50 bits per heavy atom. The van der Waals surface area contributed by atoms with Gasteiger partial charge in [0.25, 0.3) is 0 Å². The van der Waals surface area contributed by atoms with E-state index in [4.69, 9.17) is 4.74 Å². The molecule has 0 saturated carbocycles. The first-order valence-electron chi connectivity index (χ1n) is 6.90. The van der Waals surface area contributed by atoms with Gasteiger partial charge >= 0.3 is 5.97 Å². The molecule has 20 heavy (non-hydrogen) atoms. The maximum atomic E-state index is 11.7. The third kappa shape index (κ3) is 2.99. The van der Waals surface area contributed by atoms with Crippen molar-refractivity contribution in [1.82, 2.24) is 0 Å². The SMILES string of the molecule is C[C@@H]1C(=O)OC2/C=C(/CO)CC/C=C(/C=O)C[C@H](O)C21. The summed E-state index contributed by atoms with van der Waals surface area (Å²) in [4.78, 5) is 22.7. The fraction of sp³-hybridized carbons (Fsp3) is 0.600. The summed E-state index contributed by atoms with van der Waals surface area (Å²) in [5.74, 6) is -1.15. The van der Waals surface area contributed by atoms with E-state index in [0.29, 0.717) is 18.4 Å². The molecular formula is C15H20O5. The summed E-state index contributed by atoms with van der Waals surface area (Å²) in [7, 11) is 0. The van der Waals surface area contributed by atoms with E-state index in [9.17, 15) is 19.8 Å². The van der Waals surface area contributed by atoms with Crippen LogP contribution in [0.4, 0.5) is 0 Å². The summed E-state index contributed by atoms with van der Waals surface area (Å²) in [6.45, 7) is 1.61. The minimum Gasteiger partial charge on any atom is -0.457 e. The Kier molecular flexibility index (Phi) is 4.73. The van der Waals surface area contributed by atoms with Crippen molar-refractivity contribution in [2.24, 2.45) is 11.8 Å². The summed E-state index contributed by atoms with van der Waals surface area (Å²) in [5, 5.41) is 19.7. The third-order valence-electron chi connectivity index (χ3n) is 4.10. The lowest BCUT2D eigenvalue weighted by Crippen LogP contribution is -2.32. The van der Waals surface area contributed by atoms with E-state index in [-0.39, 0.29) is 24.9 Å². The van der Waals surface area contributed by atoms with Crippen LogP contribution in [-0.4, -0.2) is 41.3 Å². The van der Waals surface area contributed by atoms with E-state index in [1.165, 1.54) is 0 Å². The standard InChI is InChI=1S/C15H20O5/c1-9-14-12(18)5-10(7-16)3-2-4-11(8-17)6-13(14)20-15(9)19/h3,6-7,9,12-14,17-18H,2,4-5,8H2,1H3/b10-3+,11-6+/t9-,12-,13?,14?/m0/s1. The lowest BCUT2D eigenvalue weighted by molar-refractivity contribution is -0.142. The number of aliphatic hydroxyl groups is 2. The minimum atomic E-state index is -0.813. The van der Waals surface area contributed by atoms with Gasteiger partial charge in [0.05, 0.1) is 18.6 Å². The van der Waals surface area contributed by atoms with Crippen molar-refractivity contribution < 1.29 is 24.5 Å². The number of aliphatic hydroxyl groups excluding tert-OH is 2. The maximum Gasteiger partial charge on any atom is 0.309 e. The quantitative estimate of drug-likeness (QED) is 0.443. The first kappa shape index (κ1) is 14.9. The summed E-state index contributed by atoms with van der Waals surface area (Å²) in [5.41, 5.74) is 1.29. The Labute approximate surface area is 117 Å². The molecule has 0 bridgehead atoms. The number of esters is 1. The number of carbonyl (C=O) groups is 2. The van der Waals surface area contributed by atoms with Gasteiger partial charge in [-0.3, -0.25) is 9.59 Å². The van der Waals surface area contributed by atoms with Crippen LogP contribution in [0.3, 0.4) is 0 Å². The fourth-order valence-electron chi connectivity index (χ4n) is 2.91. The molecule has 2 unspecified atom stereocenters. The Hall–Kier alpha value is -1.46. The summed E-state index contributed by atoms with van der Waals surface area (Å²) >= 11 is 0. The van der Waals surface area contributed by atoms with Gasteiger partial charge in [-0.2, -0.15) is 0 Å². The van der Waals surface area contributed by atoms with Crippen molar-refractivity contribution >= 4 is 12.3 Å². The summed E-state index contributed by atoms with van der Waals surface area (Å²) < 4.78 is 5.29. The minimum absolute atomic E-state index is 0.116. The van der Waals surface area contributed by atoms with Gasteiger partial charge in [0.15, 0.2) is 0 Å². The van der Waals surface area contributed by atoms with Crippen molar-refractivity contribution in [1.29, 1.82) is 0 Å². The number of ether oxygens (including phenoxy) is 1. The highest BCUT2D eigenvalue weighted by atomic mass is 16.6. The van der Waals surface area contributed by atoms with Crippen LogP contribution in [0.1, 0.15) is 26.2 Å². The number of fused-ring (bicyclic) bond motifs is 1. The Balaban J connectivity index is 2.34. The zero-order chi connectivity index (χ0) is 14.7. The molecule has 0 aromatic carbocycles. The van der Waals surface area contributed by atoms with Crippen LogP contribution >= 0.6 is 0 Å². The lowest BCUT2D eigenvalue weighted by atomic mass is 9.82. The second-order valence-corrected chi connectivity index (χ2v) is 5.46. The first-order chi connectivity index (χ1) is 9.56. The van der Waals surface area contributed by atoms with Crippen LogP contribution in [0.15, 0.2) is 23.3 Å². The van der Waals surface area contributed by atoms with Crippen LogP contribution < -0.4 is 0 Å². The van der Waals surface area contributed by atoms with Gasteiger partial charge in [0.1, 0.15) is 12.4 Å². The average molecular weight is 280 g/mol. The molecule has 0 aromatic rings. The molecule has 1 saturated heterocycles. The molecule has 0 aromatic heterocycles. The number of allylic oxidation sites excluding steroid dienone is 1. The molecule has 110 valence electrons. The zero-order valence-electron chi connectivity index (χ0n) is 11.5. The van der Waals surface area contributed by atoms with Gasteiger partial charge in [0.2, 0.25) is 0 Å². The van der Waals surface area contributed by atoms with Crippen molar-refractivity contribution in [3.05, 3.63) is 23.3 Å². The third-order valence-corrected chi connectivity index (χ3v) is 4.10. The molecule has 5 nitrogen and oxygen atoms in total. The topological polar surface area (TPSA) is 83.8 Å². The van der Waals surface area contributed by atoms with Crippen molar-refractivity contribution in [2.45, 2.75) is 38.4 Å². The molecule has 4 atom stereocenters. The van der Waals surface area contributed by atoms with Gasteiger partial charge in [-0.05, 0) is 30.1 Å². The largest absolute Gasteiger partial charge is 0.457 e. The second kappa shape index (κ2) is 6.33. The number of rotatable bonds is 2. The fourth-order valence-corrected chi connectivity index (χ4v) is 2.91.